The minimum absolute atomic E-state index is 0.0909. The fourth-order valence-corrected chi connectivity index (χ4v) is 3.10. The van der Waals surface area contributed by atoms with E-state index in [2.05, 4.69) is 22.2 Å². The number of para-hydroxylation sites is 1. The second kappa shape index (κ2) is 8.56. The van der Waals surface area contributed by atoms with Crippen molar-refractivity contribution in [2.24, 2.45) is 0 Å². The van der Waals surface area contributed by atoms with Crippen LogP contribution in [0, 0.1) is 0 Å². The number of rotatable bonds is 7. The van der Waals surface area contributed by atoms with E-state index in [0.717, 1.165) is 22.3 Å². The van der Waals surface area contributed by atoms with Crippen LogP contribution < -0.4 is 4.74 Å². The van der Waals surface area contributed by atoms with Crippen molar-refractivity contribution in [3.05, 3.63) is 90.3 Å². The lowest BCUT2D eigenvalue weighted by Gasteiger charge is -2.17. The van der Waals surface area contributed by atoms with Crippen LogP contribution in [0.25, 0.3) is 11.0 Å². The first kappa shape index (κ1) is 18.7. The number of carbonyl (C=O) groups excluding carboxylic acids is 1. The van der Waals surface area contributed by atoms with Gasteiger partial charge in [0.2, 0.25) is 0 Å². The number of hydrogen-bond donors (Lipinski definition) is 0. The molecule has 0 atom stereocenters. The number of nitrogens with zero attached hydrogens (tertiary/aromatic N) is 4. The van der Waals surface area contributed by atoms with Gasteiger partial charge < -0.3 is 9.64 Å². The summed E-state index contributed by atoms with van der Waals surface area (Å²) in [5, 5.41) is 5.28. The van der Waals surface area contributed by atoms with Crippen molar-refractivity contribution in [2.45, 2.75) is 6.54 Å². The molecule has 0 aliphatic carbocycles. The van der Waals surface area contributed by atoms with E-state index in [1.165, 1.54) is 0 Å². The minimum Gasteiger partial charge on any atom is -0.492 e. The van der Waals surface area contributed by atoms with Crippen LogP contribution in [-0.4, -0.2) is 45.8 Å². The maximum absolute atomic E-state index is 12.7. The average molecular weight is 386 g/mol. The van der Waals surface area contributed by atoms with Gasteiger partial charge in [0.05, 0.1) is 24.8 Å². The Bertz CT molecular complexity index is 1090. The van der Waals surface area contributed by atoms with Crippen LogP contribution in [0.1, 0.15) is 15.9 Å². The number of aromatic nitrogens is 3. The normalized spacial score (nSPS) is 10.8. The molecule has 6 nitrogen and oxygen atoms in total. The molecule has 0 fully saturated rings. The van der Waals surface area contributed by atoms with E-state index in [1.54, 1.807) is 24.3 Å². The van der Waals surface area contributed by atoms with Crippen molar-refractivity contribution in [1.82, 2.24) is 19.7 Å². The Kier molecular flexibility index (Phi) is 5.52. The lowest BCUT2D eigenvalue weighted by atomic mass is 10.2. The van der Waals surface area contributed by atoms with Crippen molar-refractivity contribution < 1.29 is 9.53 Å². The number of amides is 1. The molecule has 4 rings (SSSR count). The molecule has 0 spiro atoms. The van der Waals surface area contributed by atoms with Gasteiger partial charge in [-0.2, -0.15) is 5.10 Å². The predicted octanol–water partition coefficient (Wildman–Crippen LogP) is 3.63. The Morgan fingerprint density at radius 1 is 1.03 bits per heavy atom. The van der Waals surface area contributed by atoms with Crippen molar-refractivity contribution in [3.63, 3.8) is 0 Å². The molecule has 0 saturated carbocycles. The molecule has 1 amide bonds. The molecule has 0 radical (unpaired) electrons. The zero-order valence-electron chi connectivity index (χ0n) is 16.2. The van der Waals surface area contributed by atoms with Crippen LogP contribution >= 0.6 is 0 Å². The summed E-state index contributed by atoms with van der Waals surface area (Å²) in [5.74, 6) is 0.703. The van der Waals surface area contributed by atoms with Crippen LogP contribution in [0.4, 0.5) is 0 Å². The summed E-state index contributed by atoms with van der Waals surface area (Å²) in [5.41, 5.74) is 2.46. The highest BCUT2D eigenvalue weighted by atomic mass is 16.5. The van der Waals surface area contributed by atoms with Crippen LogP contribution in [0.5, 0.6) is 5.75 Å². The molecule has 146 valence electrons. The summed E-state index contributed by atoms with van der Waals surface area (Å²) in [4.78, 5) is 18.9. The number of carbonyl (C=O) groups is 1. The molecule has 29 heavy (non-hydrogen) atoms. The summed E-state index contributed by atoms with van der Waals surface area (Å²) in [6.45, 7) is 1.55. The average Bonchev–Trinajstić information content (AvgIpc) is 3.16. The molecule has 0 aliphatic heterocycles. The van der Waals surface area contributed by atoms with Crippen LogP contribution in [0.3, 0.4) is 0 Å². The largest absolute Gasteiger partial charge is 0.492 e. The zero-order chi connectivity index (χ0) is 20.1. The number of ether oxygens (including phenoxy) is 1. The topological polar surface area (TPSA) is 60.2 Å². The summed E-state index contributed by atoms with van der Waals surface area (Å²) < 4.78 is 7.51. The first-order chi connectivity index (χ1) is 14.2. The van der Waals surface area contributed by atoms with E-state index >= 15 is 0 Å². The van der Waals surface area contributed by atoms with Gasteiger partial charge in [-0.15, -0.1) is 0 Å². The van der Waals surface area contributed by atoms with Crippen molar-refractivity contribution in [2.75, 3.05) is 20.2 Å². The number of hydrogen-bond acceptors (Lipinski definition) is 4. The molecule has 0 unspecified atom stereocenters. The summed E-state index contributed by atoms with van der Waals surface area (Å²) in [7, 11) is 1.76. The third kappa shape index (κ3) is 4.43. The molecule has 2 aromatic carbocycles. The van der Waals surface area contributed by atoms with Crippen molar-refractivity contribution in [1.29, 1.82) is 0 Å². The Balaban J connectivity index is 1.41. The van der Waals surface area contributed by atoms with Gasteiger partial charge in [0, 0.05) is 18.6 Å². The molecule has 2 heterocycles. The third-order valence-corrected chi connectivity index (χ3v) is 4.68. The Hall–Kier alpha value is -3.67. The molecule has 4 aromatic rings. The molecule has 0 bridgehead atoms. The third-order valence-electron chi connectivity index (χ3n) is 4.68. The Morgan fingerprint density at radius 3 is 2.52 bits per heavy atom. The quantitative estimate of drug-likeness (QED) is 0.487. The summed E-state index contributed by atoms with van der Waals surface area (Å²) in [6.07, 6.45) is 3.36. The molecule has 6 heteroatoms. The van der Waals surface area contributed by atoms with E-state index in [9.17, 15) is 4.79 Å². The second-order valence-electron chi connectivity index (χ2n) is 6.81. The fraction of sp³-hybridized carbons (Fsp3) is 0.174. The number of likely N-dealkylation sites (N-methyl/N-ethyl adjacent to an activating group) is 1. The van der Waals surface area contributed by atoms with Gasteiger partial charge in [0.15, 0.2) is 5.65 Å². The number of fused-ring (bicyclic) bond motifs is 1. The van der Waals surface area contributed by atoms with Gasteiger partial charge in [-0.05, 0) is 23.8 Å². The van der Waals surface area contributed by atoms with Gasteiger partial charge in [0.25, 0.3) is 5.91 Å². The van der Waals surface area contributed by atoms with Crippen LogP contribution in [-0.2, 0) is 6.54 Å². The Labute approximate surface area is 169 Å². The summed E-state index contributed by atoms with van der Waals surface area (Å²) >= 11 is 0. The highest BCUT2D eigenvalue weighted by Crippen LogP contribution is 2.16. The van der Waals surface area contributed by atoms with Crippen molar-refractivity contribution in [3.8, 4) is 5.75 Å². The van der Waals surface area contributed by atoms with Crippen LogP contribution in [0.2, 0.25) is 0 Å². The smallest absolute Gasteiger partial charge is 0.255 e. The van der Waals surface area contributed by atoms with Gasteiger partial charge >= 0.3 is 0 Å². The highest BCUT2D eigenvalue weighted by Gasteiger charge is 2.14. The lowest BCUT2D eigenvalue weighted by Crippen LogP contribution is -2.31. The van der Waals surface area contributed by atoms with E-state index in [1.807, 2.05) is 59.3 Å². The zero-order valence-corrected chi connectivity index (χ0v) is 16.2. The standard InChI is InChI=1S/C23H22N4O2/c1-26(12-13-29-21-10-6-3-7-11-21)23(28)20-14-19-16-25-27(22(19)24-15-20)17-18-8-4-2-5-9-18/h2-11,14-16H,12-13,17H2,1H3. The molecule has 0 N–H and O–H groups in total. The van der Waals surface area contributed by atoms with Crippen molar-refractivity contribution >= 4 is 16.9 Å². The van der Waals surface area contributed by atoms with E-state index in [4.69, 9.17) is 4.74 Å². The maximum Gasteiger partial charge on any atom is 0.255 e. The monoisotopic (exact) mass is 386 g/mol. The minimum atomic E-state index is -0.0909. The number of benzene rings is 2. The van der Waals surface area contributed by atoms with E-state index < -0.39 is 0 Å². The molecular weight excluding hydrogens is 364 g/mol. The molecule has 2 aromatic heterocycles. The first-order valence-corrected chi connectivity index (χ1v) is 9.49. The van der Waals surface area contributed by atoms with Gasteiger partial charge in [-0.1, -0.05) is 48.5 Å². The SMILES string of the molecule is CN(CCOc1ccccc1)C(=O)c1cnc2c(cnn2Cc2ccccc2)c1. The van der Waals surface area contributed by atoms with Gasteiger partial charge in [-0.3, -0.25) is 4.79 Å². The fourth-order valence-electron chi connectivity index (χ4n) is 3.10. The van der Waals surface area contributed by atoms with E-state index in [-0.39, 0.29) is 5.91 Å². The first-order valence-electron chi connectivity index (χ1n) is 9.49. The number of pyridine rings is 1. The molecule has 0 saturated heterocycles. The maximum atomic E-state index is 12.7. The molecular formula is C23H22N4O2. The second-order valence-corrected chi connectivity index (χ2v) is 6.81. The predicted molar refractivity (Wildman–Crippen MR) is 112 cm³/mol. The summed E-state index contributed by atoms with van der Waals surface area (Å²) in [6, 6.07) is 21.5. The van der Waals surface area contributed by atoms with Gasteiger partial charge in [-0.25, -0.2) is 9.67 Å². The lowest BCUT2D eigenvalue weighted by molar-refractivity contribution is 0.0773. The highest BCUT2D eigenvalue weighted by molar-refractivity contribution is 5.96. The van der Waals surface area contributed by atoms with Crippen LogP contribution in [0.15, 0.2) is 79.1 Å². The van der Waals surface area contributed by atoms with Gasteiger partial charge in [0.1, 0.15) is 12.4 Å². The Morgan fingerprint density at radius 2 is 1.76 bits per heavy atom. The molecule has 0 aliphatic rings. The van der Waals surface area contributed by atoms with E-state index in [0.29, 0.717) is 25.3 Å².